The molecule has 0 saturated heterocycles. The first-order valence-corrected chi connectivity index (χ1v) is 10.3. The van der Waals surface area contributed by atoms with Crippen molar-refractivity contribution in [3.8, 4) is 5.75 Å². The minimum atomic E-state index is -1.03. The van der Waals surface area contributed by atoms with Gasteiger partial charge in [-0.05, 0) is 51.0 Å². The number of hydrogen-bond donors (Lipinski definition) is 2. The summed E-state index contributed by atoms with van der Waals surface area (Å²) >= 11 is 0. The lowest BCUT2D eigenvalue weighted by Crippen LogP contribution is -2.47. The largest absolute Gasteiger partial charge is 0.493 e. The van der Waals surface area contributed by atoms with Crippen molar-refractivity contribution in [2.24, 2.45) is 5.92 Å². The van der Waals surface area contributed by atoms with Gasteiger partial charge < -0.3 is 20.1 Å². The molecule has 0 heterocycles. The molecule has 2 aromatic rings. The first kappa shape index (κ1) is 23.9. The Morgan fingerprint density at radius 1 is 0.968 bits per heavy atom. The van der Waals surface area contributed by atoms with E-state index in [1.807, 2.05) is 26.0 Å². The maximum absolute atomic E-state index is 12.8. The number of hydrogen-bond acceptors (Lipinski definition) is 5. The third kappa shape index (κ3) is 6.84. The van der Waals surface area contributed by atoms with E-state index in [1.165, 1.54) is 6.92 Å². The summed E-state index contributed by atoms with van der Waals surface area (Å²) in [5.74, 6) is -1.39. The molecule has 7 heteroatoms. The third-order valence-electron chi connectivity index (χ3n) is 4.62. The third-order valence-corrected chi connectivity index (χ3v) is 4.62. The van der Waals surface area contributed by atoms with Crippen LogP contribution in [0.25, 0.3) is 0 Å². The molecule has 2 N–H and O–H groups in total. The van der Waals surface area contributed by atoms with Crippen LogP contribution in [0.5, 0.6) is 5.75 Å². The first-order valence-electron chi connectivity index (χ1n) is 10.3. The van der Waals surface area contributed by atoms with Crippen LogP contribution in [-0.4, -0.2) is 36.5 Å². The molecule has 0 radical (unpaired) electrons. The van der Waals surface area contributed by atoms with Gasteiger partial charge in [0.05, 0.1) is 12.2 Å². The highest BCUT2D eigenvalue weighted by Crippen LogP contribution is 2.19. The zero-order valence-electron chi connectivity index (χ0n) is 18.6. The number of esters is 1. The normalized spacial score (nSPS) is 12.6. The molecule has 0 fully saturated rings. The van der Waals surface area contributed by atoms with Crippen molar-refractivity contribution in [3.63, 3.8) is 0 Å². The highest BCUT2D eigenvalue weighted by atomic mass is 16.5. The zero-order chi connectivity index (χ0) is 23.0. The number of ether oxygens (including phenoxy) is 2. The lowest BCUT2D eigenvalue weighted by atomic mass is 10.0. The molecule has 31 heavy (non-hydrogen) atoms. The van der Waals surface area contributed by atoms with Gasteiger partial charge in [0.25, 0.3) is 11.8 Å². The van der Waals surface area contributed by atoms with Gasteiger partial charge in [0, 0.05) is 5.69 Å². The van der Waals surface area contributed by atoms with Crippen molar-refractivity contribution >= 4 is 23.5 Å². The standard InChI is InChI=1S/C24H30N2O5/c1-6-30-20-10-8-7-9-19(20)23(28)26-21(15(2)3)24(29)31-17(5)22(27)25-18-13-11-16(4)12-14-18/h7-15,17,21H,6H2,1-5H3,(H,25,27)(H,26,28)/t17-,21+/m1/s1. The fourth-order valence-corrected chi connectivity index (χ4v) is 2.83. The van der Waals surface area contributed by atoms with Crippen molar-refractivity contribution in [1.29, 1.82) is 0 Å². The number of amides is 2. The summed E-state index contributed by atoms with van der Waals surface area (Å²) in [6, 6.07) is 13.2. The number of nitrogens with one attached hydrogen (secondary N) is 2. The van der Waals surface area contributed by atoms with Gasteiger partial charge in [-0.3, -0.25) is 9.59 Å². The first-order chi connectivity index (χ1) is 14.7. The van der Waals surface area contributed by atoms with Crippen LogP contribution < -0.4 is 15.4 Å². The lowest BCUT2D eigenvalue weighted by Gasteiger charge is -2.23. The van der Waals surface area contributed by atoms with Gasteiger partial charge in [-0.25, -0.2) is 4.79 Å². The number of anilines is 1. The van der Waals surface area contributed by atoms with E-state index < -0.39 is 29.9 Å². The molecule has 2 atom stereocenters. The van der Waals surface area contributed by atoms with Gasteiger partial charge in [-0.2, -0.15) is 0 Å². The number of carbonyl (C=O) groups excluding carboxylic acids is 3. The molecule has 7 nitrogen and oxygen atoms in total. The van der Waals surface area contributed by atoms with Crippen LogP contribution in [-0.2, 0) is 14.3 Å². The molecule has 0 spiro atoms. The van der Waals surface area contributed by atoms with Crippen LogP contribution >= 0.6 is 0 Å². The smallest absolute Gasteiger partial charge is 0.329 e. The number of benzene rings is 2. The van der Waals surface area contributed by atoms with Gasteiger partial charge in [0.15, 0.2) is 6.10 Å². The number of para-hydroxylation sites is 1. The van der Waals surface area contributed by atoms with Crippen molar-refractivity contribution in [3.05, 3.63) is 59.7 Å². The minimum absolute atomic E-state index is 0.247. The fraction of sp³-hybridized carbons (Fsp3) is 0.375. The van der Waals surface area contributed by atoms with Gasteiger partial charge in [0.1, 0.15) is 11.8 Å². The zero-order valence-corrected chi connectivity index (χ0v) is 18.6. The summed E-state index contributed by atoms with van der Waals surface area (Å²) < 4.78 is 10.8. The summed E-state index contributed by atoms with van der Waals surface area (Å²) in [4.78, 5) is 37.9. The number of aryl methyl sites for hydroxylation is 1. The van der Waals surface area contributed by atoms with E-state index >= 15 is 0 Å². The summed E-state index contributed by atoms with van der Waals surface area (Å²) in [6.45, 7) is 9.25. The minimum Gasteiger partial charge on any atom is -0.493 e. The van der Waals surface area contributed by atoms with Crippen LogP contribution in [0.3, 0.4) is 0 Å². The number of carbonyl (C=O) groups is 3. The van der Waals surface area contributed by atoms with E-state index in [-0.39, 0.29) is 5.92 Å². The van der Waals surface area contributed by atoms with Crippen LogP contribution in [0.4, 0.5) is 5.69 Å². The molecule has 2 amide bonds. The molecular weight excluding hydrogens is 396 g/mol. The van der Waals surface area contributed by atoms with E-state index in [4.69, 9.17) is 9.47 Å². The molecule has 166 valence electrons. The quantitative estimate of drug-likeness (QED) is 0.596. The molecule has 0 bridgehead atoms. The molecule has 0 unspecified atom stereocenters. The Kier molecular flexibility index (Phi) is 8.61. The molecule has 0 aliphatic heterocycles. The van der Waals surface area contributed by atoms with Crippen molar-refractivity contribution < 1.29 is 23.9 Å². The second kappa shape index (κ2) is 11.2. The Bertz CT molecular complexity index is 908. The Morgan fingerprint density at radius 2 is 1.61 bits per heavy atom. The summed E-state index contributed by atoms with van der Waals surface area (Å²) in [5.41, 5.74) is 2.01. The van der Waals surface area contributed by atoms with Crippen molar-refractivity contribution in [2.75, 3.05) is 11.9 Å². The Labute approximate surface area is 183 Å². The van der Waals surface area contributed by atoms with Gasteiger partial charge in [0.2, 0.25) is 0 Å². The van der Waals surface area contributed by atoms with Crippen molar-refractivity contribution in [2.45, 2.75) is 46.8 Å². The summed E-state index contributed by atoms with van der Waals surface area (Å²) in [6.07, 6.45) is -1.03. The predicted molar refractivity (Wildman–Crippen MR) is 119 cm³/mol. The van der Waals surface area contributed by atoms with E-state index in [0.717, 1.165) is 5.56 Å². The summed E-state index contributed by atoms with van der Waals surface area (Å²) in [5, 5.41) is 5.42. The van der Waals surface area contributed by atoms with Crippen LogP contribution in [0.2, 0.25) is 0 Å². The van der Waals surface area contributed by atoms with Crippen LogP contribution in [0.15, 0.2) is 48.5 Å². The van der Waals surface area contributed by atoms with E-state index in [2.05, 4.69) is 10.6 Å². The lowest BCUT2D eigenvalue weighted by molar-refractivity contribution is -0.156. The Balaban J connectivity index is 2.03. The SMILES string of the molecule is CCOc1ccccc1C(=O)N[C@H](C(=O)O[C@H](C)C(=O)Nc1ccc(C)cc1)C(C)C. The summed E-state index contributed by atoms with van der Waals surface area (Å²) in [7, 11) is 0. The Morgan fingerprint density at radius 3 is 2.23 bits per heavy atom. The monoisotopic (exact) mass is 426 g/mol. The van der Waals surface area contributed by atoms with E-state index in [1.54, 1.807) is 50.2 Å². The molecule has 2 aromatic carbocycles. The molecular formula is C24H30N2O5. The maximum Gasteiger partial charge on any atom is 0.329 e. The number of rotatable bonds is 9. The average molecular weight is 427 g/mol. The van der Waals surface area contributed by atoms with Gasteiger partial charge >= 0.3 is 5.97 Å². The highest BCUT2D eigenvalue weighted by Gasteiger charge is 2.30. The molecule has 0 aromatic heterocycles. The highest BCUT2D eigenvalue weighted by molar-refractivity contribution is 6.00. The average Bonchev–Trinajstić information content (AvgIpc) is 2.73. The van der Waals surface area contributed by atoms with Crippen LogP contribution in [0, 0.1) is 12.8 Å². The van der Waals surface area contributed by atoms with E-state index in [0.29, 0.717) is 23.6 Å². The topological polar surface area (TPSA) is 93.7 Å². The molecule has 0 aliphatic rings. The maximum atomic E-state index is 12.8. The van der Waals surface area contributed by atoms with E-state index in [9.17, 15) is 14.4 Å². The second-order valence-corrected chi connectivity index (χ2v) is 7.56. The fourth-order valence-electron chi connectivity index (χ4n) is 2.83. The molecule has 0 aliphatic carbocycles. The Hall–Kier alpha value is -3.35. The van der Waals surface area contributed by atoms with Gasteiger partial charge in [-0.1, -0.05) is 43.7 Å². The van der Waals surface area contributed by atoms with Gasteiger partial charge in [-0.15, -0.1) is 0 Å². The molecule has 2 rings (SSSR count). The molecule has 0 saturated carbocycles. The van der Waals surface area contributed by atoms with Crippen molar-refractivity contribution in [1.82, 2.24) is 5.32 Å². The second-order valence-electron chi connectivity index (χ2n) is 7.56. The predicted octanol–water partition coefficient (Wildman–Crippen LogP) is 3.72. The van der Waals surface area contributed by atoms with Crippen LogP contribution in [0.1, 0.15) is 43.6 Å².